The fourth-order valence-electron chi connectivity index (χ4n) is 3.02. The van der Waals surface area contributed by atoms with E-state index in [1.54, 1.807) is 30.4 Å². The van der Waals surface area contributed by atoms with E-state index < -0.39 is 4.92 Å². The van der Waals surface area contributed by atoms with E-state index in [-0.39, 0.29) is 35.3 Å². The summed E-state index contributed by atoms with van der Waals surface area (Å²) in [5.74, 6) is -0.512. The number of hydrogen-bond acceptors (Lipinski definition) is 6. The number of non-ortho nitro benzene ring substituents is 1. The summed E-state index contributed by atoms with van der Waals surface area (Å²) >= 11 is 0. The van der Waals surface area contributed by atoms with Gasteiger partial charge in [-0.1, -0.05) is 12.1 Å². The first kappa shape index (κ1) is 19.8. The van der Waals surface area contributed by atoms with E-state index >= 15 is 0 Å². The van der Waals surface area contributed by atoms with Crippen LogP contribution in [-0.4, -0.2) is 32.3 Å². The molecule has 0 radical (unpaired) electrons. The summed E-state index contributed by atoms with van der Waals surface area (Å²) in [5, 5.41) is 27.1. The summed E-state index contributed by atoms with van der Waals surface area (Å²) in [6.07, 6.45) is 6.20. The number of aromatic nitrogens is 2. The van der Waals surface area contributed by atoms with Crippen LogP contribution in [0.1, 0.15) is 11.4 Å². The van der Waals surface area contributed by atoms with Crippen molar-refractivity contribution in [2.75, 3.05) is 6.54 Å². The lowest BCUT2D eigenvalue weighted by Gasteiger charge is -2.16. The van der Waals surface area contributed by atoms with Gasteiger partial charge in [-0.2, -0.15) is 4.73 Å². The number of nitro groups is 1. The molecule has 0 bridgehead atoms. The largest absolute Gasteiger partial charge is 0.426 e. The van der Waals surface area contributed by atoms with Crippen LogP contribution in [0.3, 0.4) is 0 Å². The number of dihydropyridines is 1. The normalized spacial score (nSPS) is 13.6. The van der Waals surface area contributed by atoms with E-state index in [9.17, 15) is 24.5 Å². The Balaban J connectivity index is 1.48. The van der Waals surface area contributed by atoms with Crippen LogP contribution < -0.4 is 10.6 Å². The number of imidazole rings is 1. The Morgan fingerprint density at radius 1 is 1.26 bits per heavy atom. The van der Waals surface area contributed by atoms with Gasteiger partial charge >= 0.3 is 0 Å². The third-order valence-corrected chi connectivity index (χ3v) is 4.57. The zero-order valence-electron chi connectivity index (χ0n) is 15.9. The number of hydrogen-bond donors (Lipinski definition) is 3. The molecule has 156 valence electrons. The molecule has 2 aromatic carbocycles. The lowest BCUT2D eigenvalue weighted by atomic mass is 10.2. The Hall–Kier alpha value is -4.47. The molecule has 10 heteroatoms. The quantitative estimate of drug-likeness (QED) is 0.252. The van der Waals surface area contributed by atoms with E-state index in [0.717, 1.165) is 4.73 Å². The number of rotatable bonds is 5. The number of nitrogens with zero attached hydrogens (tertiary/aromatic N) is 3. The highest BCUT2D eigenvalue weighted by Crippen LogP contribution is 2.24. The predicted molar refractivity (Wildman–Crippen MR) is 111 cm³/mol. The molecule has 0 saturated heterocycles. The lowest BCUT2D eigenvalue weighted by molar-refractivity contribution is -0.384. The van der Waals surface area contributed by atoms with Crippen molar-refractivity contribution in [3.8, 4) is 0 Å². The monoisotopic (exact) mass is 421 g/mol. The van der Waals surface area contributed by atoms with Crippen LogP contribution in [0.15, 0.2) is 66.4 Å². The molecule has 1 aliphatic heterocycles. The number of amides is 1. The number of carbonyl (C=O) groups is 1. The van der Waals surface area contributed by atoms with Crippen molar-refractivity contribution in [1.82, 2.24) is 20.3 Å². The summed E-state index contributed by atoms with van der Waals surface area (Å²) in [6, 6.07) is 9.76. The molecular formula is C21H16FN5O4. The van der Waals surface area contributed by atoms with Gasteiger partial charge in [0.05, 0.1) is 22.7 Å². The van der Waals surface area contributed by atoms with Gasteiger partial charge < -0.3 is 15.8 Å². The summed E-state index contributed by atoms with van der Waals surface area (Å²) in [5.41, 5.74) is 2.23. The van der Waals surface area contributed by atoms with Gasteiger partial charge in [0.15, 0.2) is 5.82 Å². The molecule has 3 N–H and O–H groups in total. The van der Waals surface area contributed by atoms with Gasteiger partial charge in [0.25, 0.3) is 5.69 Å². The van der Waals surface area contributed by atoms with Gasteiger partial charge in [0.2, 0.25) is 5.91 Å². The topological polar surface area (TPSA) is 122 Å². The molecule has 0 atom stereocenters. The highest BCUT2D eigenvalue weighted by molar-refractivity contribution is 5.93. The van der Waals surface area contributed by atoms with Crippen LogP contribution >= 0.6 is 0 Å². The minimum absolute atomic E-state index is 0.154. The van der Waals surface area contributed by atoms with Crippen molar-refractivity contribution in [2.24, 2.45) is 0 Å². The maximum atomic E-state index is 12.9. The number of carbonyl (C=O) groups excluding carboxylic acids is 1. The summed E-state index contributed by atoms with van der Waals surface area (Å²) in [6.45, 7) is 0.269. The van der Waals surface area contributed by atoms with E-state index in [4.69, 9.17) is 0 Å². The Morgan fingerprint density at radius 3 is 2.71 bits per heavy atom. The smallest absolute Gasteiger partial charge is 0.271 e. The first-order chi connectivity index (χ1) is 14.9. The fourth-order valence-corrected chi connectivity index (χ4v) is 3.02. The maximum Gasteiger partial charge on any atom is 0.271 e. The molecule has 1 aromatic heterocycles. The fraction of sp³-hybridized carbons (Fsp3) is 0.0476. The third-order valence-electron chi connectivity index (χ3n) is 4.57. The van der Waals surface area contributed by atoms with Crippen molar-refractivity contribution in [2.45, 2.75) is 0 Å². The predicted octanol–water partition coefficient (Wildman–Crippen LogP) is 2.98. The highest BCUT2D eigenvalue weighted by atomic mass is 19.1. The first-order valence-corrected chi connectivity index (χ1v) is 9.16. The van der Waals surface area contributed by atoms with Crippen LogP contribution in [0.25, 0.3) is 22.8 Å². The van der Waals surface area contributed by atoms with Crippen molar-refractivity contribution >= 4 is 34.4 Å². The van der Waals surface area contributed by atoms with E-state index in [1.165, 1.54) is 36.4 Å². The maximum absolute atomic E-state index is 12.9. The SMILES string of the molecule is O=C(/C=C/c1ccc(F)cc1)NC1=CC=C(c2nc3ccc([N+](=O)[O-])cc3n2O)NC1. The van der Waals surface area contributed by atoms with E-state index in [2.05, 4.69) is 15.6 Å². The molecule has 1 aliphatic rings. The number of nitrogens with one attached hydrogen (secondary N) is 2. The highest BCUT2D eigenvalue weighted by Gasteiger charge is 2.18. The van der Waals surface area contributed by atoms with Crippen LogP contribution in [-0.2, 0) is 4.79 Å². The molecule has 1 amide bonds. The number of fused-ring (bicyclic) bond motifs is 1. The Labute approximate surface area is 174 Å². The second kappa shape index (κ2) is 8.11. The van der Waals surface area contributed by atoms with Gasteiger partial charge in [-0.05, 0) is 42.0 Å². The number of nitro benzene ring substituents is 1. The average Bonchev–Trinajstić information content (AvgIpc) is 3.10. The third kappa shape index (κ3) is 4.27. The zero-order valence-corrected chi connectivity index (χ0v) is 15.9. The Kier molecular flexibility index (Phi) is 5.19. The van der Waals surface area contributed by atoms with Gasteiger partial charge in [-0.15, -0.1) is 0 Å². The molecular weight excluding hydrogens is 405 g/mol. The van der Waals surface area contributed by atoms with Crippen molar-refractivity contribution in [3.63, 3.8) is 0 Å². The second-order valence-corrected chi connectivity index (χ2v) is 6.68. The average molecular weight is 421 g/mol. The molecule has 2 heterocycles. The van der Waals surface area contributed by atoms with E-state index in [1.807, 2.05) is 0 Å². The molecule has 4 rings (SSSR count). The Morgan fingerprint density at radius 2 is 2.03 bits per heavy atom. The molecule has 9 nitrogen and oxygen atoms in total. The van der Waals surface area contributed by atoms with Crippen molar-refractivity contribution < 1.29 is 19.3 Å². The van der Waals surface area contributed by atoms with Crippen molar-refractivity contribution in [1.29, 1.82) is 0 Å². The second-order valence-electron chi connectivity index (χ2n) is 6.68. The van der Waals surface area contributed by atoms with Crippen LogP contribution in [0.2, 0.25) is 0 Å². The zero-order chi connectivity index (χ0) is 22.0. The van der Waals surface area contributed by atoms with Gasteiger partial charge in [0, 0.05) is 23.9 Å². The van der Waals surface area contributed by atoms with Gasteiger partial charge in [-0.3, -0.25) is 14.9 Å². The molecule has 0 unspecified atom stereocenters. The van der Waals surface area contributed by atoms with Gasteiger partial charge in [-0.25, -0.2) is 9.37 Å². The van der Waals surface area contributed by atoms with Crippen molar-refractivity contribution in [3.05, 3.63) is 93.7 Å². The minimum atomic E-state index is -0.549. The molecule has 0 fully saturated rings. The van der Waals surface area contributed by atoms with Crippen LogP contribution in [0, 0.1) is 15.9 Å². The van der Waals surface area contributed by atoms with Crippen LogP contribution in [0.4, 0.5) is 10.1 Å². The Bertz CT molecular complexity index is 1270. The molecule has 0 aliphatic carbocycles. The number of benzene rings is 2. The first-order valence-electron chi connectivity index (χ1n) is 9.16. The number of halogens is 1. The summed E-state index contributed by atoms with van der Waals surface area (Å²) in [7, 11) is 0. The lowest BCUT2D eigenvalue weighted by Crippen LogP contribution is -2.30. The molecule has 0 spiro atoms. The van der Waals surface area contributed by atoms with Crippen LogP contribution in [0.5, 0.6) is 0 Å². The summed E-state index contributed by atoms with van der Waals surface area (Å²) in [4.78, 5) is 26.8. The number of allylic oxidation sites excluding steroid dienone is 2. The minimum Gasteiger partial charge on any atom is -0.426 e. The molecule has 0 saturated carbocycles. The summed E-state index contributed by atoms with van der Waals surface area (Å²) < 4.78 is 13.7. The standard InChI is InChI=1S/C21H16FN5O4/c22-14-4-1-13(2-5-14)3-10-20(28)24-15-6-8-18(23-12-15)21-25-17-9-7-16(27(30)31)11-19(17)26(21)29/h1-11,23,29H,12H2,(H,24,28)/b10-3+. The molecule has 31 heavy (non-hydrogen) atoms. The van der Waals surface area contributed by atoms with Gasteiger partial charge in [0.1, 0.15) is 11.3 Å². The van der Waals surface area contributed by atoms with E-state index in [0.29, 0.717) is 22.5 Å². The molecule has 3 aromatic rings.